The smallest absolute Gasteiger partial charge is 0.336 e. The van der Waals surface area contributed by atoms with Crippen molar-refractivity contribution < 1.29 is 14.7 Å². The number of rotatable bonds is 4. The highest BCUT2D eigenvalue weighted by Crippen LogP contribution is 2.28. The molecule has 2 heterocycles. The quantitative estimate of drug-likeness (QED) is 0.611. The van der Waals surface area contributed by atoms with Crippen LogP contribution in [0.3, 0.4) is 0 Å². The molecule has 1 amide bonds. The molecule has 0 bridgehead atoms. The Morgan fingerprint density at radius 2 is 1.67 bits per heavy atom. The van der Waals surface area contributed by atoms with Crippen molar-refractivity contribution >= 4 is 40.0 Å². The van der Waals surface area contributed by atoms with Gasteiger partial charge in [0.2, 0.25) is 5.91 Å². The zero-order chi connectivity index (χ0) is 23.8. The number of carboxylic acids is 1. The Kier molecular flexibility index (Phi) is 5.97. The normalized spacial score (nSPS) is 14.4. The van der Waals surface area contributed by atoms with Crippen LogP contribution in [0, 0.1) is 12.3 Å². The standard InChI is InChI=1S/C26H30N4O3/c1-17-6-5-7-19(14-17)29-10-12-30(13-11-29)23-16-21(24(31)32)20-15-18(8-9-22(20)28-23)27-25(33)26(2,3)4/h5-9,14-16H,10-13H2,1-4H3,(H,27,33)(H,31,32). The minimum absolute atomic E-state index is 0.130. The van der Waals surface area contributed by atoms with E-state index in [0.717, 1.165) is 26.2 Å². The predicted molar refractivity (Wildman–Crippen MR) is 132 cm³/mol. The van der Waals surface area contributed by atoms with Gasteiger partial charge < -0.3 is 20.2 Å². The van der Waals surface area contributed by atoms with Crippen molar-refractivity contribution in [1.29, 1.82) is 0 Å². The molecular formula is C26H30N4O3. The van der Waals surface area contributed by atoms with Crippen molar-refractivity contribution in [2.24, 2.45) is 5.41 Å². The number of pyridine rings is 1. The first kappa shape index (κ1) is 22.6. The minimum atomic E-state index is -1.01. The number of hydrogen-bond acceptors (Lipinski definition) is 5. The Bertz CT molecular complexity index is 1210. The summed E-state index contributed by atoms with van der Waals surface area (Å²) in [5.41, 5.74) is 3.23. The third kappa shape index (κ3) is 4.92. The van der Waals surface area contributed by atoms with Crippen molar-refractivity contribution in [3.8, 4) is 0 Å². The molecule has 0 saturated carbocycles. The van der Waals surface area contributed by atoms with Crippen LogP contribution in [0.2, 0.25) is 0 Å². The summed E-state index contributed by atoms with van der Waals surface area (Å²) in [5, 5.41) is 13.3. The highest BCUT2D eigenvalue weighted by Gasteiger charge is 2.23. The van der Waals surface area contributed by atoms with Gasteiger partial charge in [0.05, 0.1) is 11.1 Å². The number of fused-ring (bicyclic) bond motifs is 1. The first-order chi connectivity index (χ1) is 15.6. The molecule has 4 rings (SSSR count). The number of piperazine rings is 1. The molecule has 1 aliphatic rings. The lowest BCUT2D eigenvalue weighted by molar-refractivity contribution is -0.123. The average Bonchev–Trinajstić information content (AvgIpc) is 2.77. The number of aromatic carboxylic acids is 1. The van der Waals surface area contributed by atoms with Crippen LogP contribution in [0.4, 0.5) is 17.2 Å². The van der Waals surface area contributed by atoms with Crippen molar-refractivity contribution in [2.75, 3.05) is 41.3 Å². The van der Waals surface area contributed by atoms with Gasteiger partial charge in [0.15, 0.2) is 0 Å². The van der Waals surface area contributed by atoms with Gasteiger partial charge >= 0.3 is 5.97 Å². The van der Waals surface area contributed by atoms with Gasteiger partial charge in [-0.15, -0.1) is 0 Å². The van der Waals surface area contributed by atoms with E-state index in [1.165, 1.54) is 11.3 Å². The van der Waals surface area contributed by atoms with Crippen molar-refractivity contribution in [3.63, 3.8) is 0 Å². The second kappa shape index (κ2) is 8.73. The molecule has 7 heteroatoms. The number of carboxylic acid groups (broad SMARTS) is 1. The highest BCUT2D eigenvalue weighted by atomic mass is 16.4. The van der Waals surface area contributed by atoms with E-state index in [1.54, 1.807) is 24.3 Å². The van der Waals surface area contributed by atoms with E-state index >= 15 is 0 Å². The van der Waals surface area contributed by atoms with Gasteiger partial charge in [-0.05, 0) is 48.9 Å². The number of carbonyl (C=O) groups is 2. The van der Waals surface area contributed by atoms with Crippen LogP contribution in [0.5, 0.6) is 0 Å². The Hall–Kier alpha value is -3.61. The van der Waals surface area contributed by atoms with Crippen molar-refractivity contribution in [1.82, 2.24) is 4.98 Å². The van der Waals surface area contributed by atoms with Gasteiger partial charge in [0.1, 0.15) is 5.82 Å². The van der Waals surface area contributed by atoms with Crippen LogP contribution < -0.4 is 15.1 Å². The Morgan fingerprint density at radius 1 is 0.970 bits per heavy atom. The number of carbonyl (C=O) groups excluding carboxylic acids is 1. The lowest BCUT2D eigenvalue weighted by Crippen LogP contribution is -2.46. The summed E-state index contributed by atoms with van der Waals surface area (Å²) in [6.45, 7) is 10.8. The molecule has 33 heavy (non-hydrogen) atoms. The monoisotopic (exact) mass is 446 g/mol. The van der Waals surface area contributed by atoms with Crippen LogP contribution in [-0.2, 0) is 4.79 Å². The van der Waals surface area contributed by atoms with Gasteiger partial charge in [0.25, 0.3) is 0 Å². The summed E-state index contributed by atoms with van der Waals surface area (Å²) in [7, 11) is 0. The van der Waals surface area contributed by atoms with Crippen LogP contribution in [0.15, 0.2) is 48.5 Å². The maximum absolute atomic E-state index is 12.3. The fourth-order valence-electron chi connectivity index (χ4n) is 3.97. The molecule has 1 saturated heterocycles. The van der Waals surface area contributed by atoms with E-state index in [0.29, 0.717) is 22.4 Å². The molecule has 0 radical (unpaired) electrons. The molecule has 3 aromatic rings. The lowest BCUT2D eigenvalue weighted by atomic mass is 9.95. The second-order valence-electron chi connectivity index (χ2n) is 9.58. The number of nitrogens with one attached hydrogen (secondary N) is 1. The summed E-state index contributed by atoms with van der Waals surface area (Å²) in [6, 6.07) is 15.3. The summed E-state index contributed by atoms with van der Waals surface area (Å²) >= 11 is 0. The lowest BCUT2D eigenvalue weighted by Gasteiger charge is -2.37. The molecular weight excluding hydrogens is 416 g/mol. The number of amides is 1. The maximum Gasteiger partial charge on any atom is 0.336 e. The fraction of sp³-hybridized carbons (Fsp3) is 0.346. The van der Waals surface area contributed by atoms with Crippen LogP contribution in [0.1, 0.15) is 36.7 Å². The van der Waals surface area contributed by atoms with Gasteiger partial charge in [0, 0.05) is 48.4 Å². The molecule has 1 aliphatic heterocycles. The third-order valence-electron chi connectivity index (χ3n) is 5.94. The number of benzene rings is 2. The fourth-order valence-corrected chi connectivity index (χ4v) is 3.97. The molecule has 0 aliphatic carbocycles. The summed E-state index contributed by atoms with van der Waals surface area (Å²) in [6.07, 6.45) is 0. The first-order valence-electron chi connectivity index (χ1n) is 11.2. The Balaban J connectivity index is 1.58. The van der Waals surface area contributed by atoms with E-state index in [4.69, 9.17) is 4.98 Å². The summed E-state index contributed by atoms with van der Waals surface area (Å²) in [4.78, 5) is 33.6. The van der Waals surface area contributed by atoms with E-state index in [9.17, 15) is 14.7 Å². The van der Waals surface area contributed by atoms with Crippen LogP contribution in [-0.4, -0.2) is 48.1 Å². The number of anilines is 3. The zero-order valence-corrected chi connectivity index (χ0v) is 19.6. The predicted octanol–water partition coefficient (Wildman–Crippen LogP) is 4.55. The molecule has 1 fully saturated rings. The SMILES string of the molecule is Cc1cccc(N2CCN(c3cc(C(=O)O)c4cc(NC(=O)C(C)(C)C)ccc4n3)CC2)c1. The van der Waals surface area contributed by atoms with E-state index in [1.807, 2.05) is 20.8 Å². The van der Waals surface area contributed by atoms with Gasteiger partial charge in [-0.1, -0.05) is 32.9 Å². The molecule has 0 atom stereocenters. The molecule has 2 N–H and O–H groups in total. The first-order valence-corrected chi connectivity index (χ1v) is 11.2. The highest BCUT2D eigenvalue weighted by molar-refractivity contribution is 6.05. The maximum atomic E-state index is 12.3. The number of aromatic nitrogens is 1. The van der Waals surface area contributed by atoms with Crippen molar-refractivity contribution in [3.05, 3.63) is 59.7 Å². The van der Waals surface area contributed by atoms with Crippen LogP contribution >= 0.6 is 0 Å². The van der Waals surface area contributed by atoms with Crippen LogP contribution in [0.25, 0.3) is 10.9 Å². The minimum Gasteiger partial charge on any atom is -0.478 e. The third-order valence-corrected chi connectivity index (χ3v) is 5.94. The molecule has 1 aromatic heterocycles. The topological polar surface area (TPSA) is 85.8 Å². The Labute approximate surface area is 194 Å². The Morgan fingerprint density at radius 3 is 2.30 bits per heavy atom. The summed E-state index contributed by atoms with van der Waals surface area (Å²) < 4.78 is 0. The molecule has 0 spiro atoms. The van der Waals surface area contributed by atoms with Gasteiger partial charge in [-0.2, -0.15) is 0 Å². The van der Waals surface area contributed by atoms with Gasteiger partial charge in [-0.3, -0.25) is 4.79 Å². The molecule has 2 aromatic carbocycles. The largest absolute Gasteiger partial charge is 0.478 e. The molecule has 172 valence electrons. The van der Waals surface area contributed by atoms with E-state index in [-0.39, 0.29) is 11.5 Å². The second-order valence-corrected chi connectivity index (χ2v) is 9.58. The molecule has 0 unspecified atom stereocenters. The van der Waals surface area contributed by atoms with E-state index in [2.05, 4.69) is 46.3 Å². The summed E-state index contributed by atoms with van der Waals surface area (Å²) in [5.74, 6) is -0.480. The van der Waals surface area contributed by atoms with E-state index < -0.39 is 11.4 Å². The molecule has 7 nitrogen and oxygen atoms in total. The average molecular weight is 447 g/mol. The number of hydrogen-bond donors (Lipinski definition) is 2. The number of aryl methyl sites for hydroxylation is 1. The zero-order valence-electron chi connectivity index (χ0n) is 19.6. The van der Waals surface area contributed by atoms with Crippen molar-refractivity contribution in [2.45, 2.75) is 27.7 Å². The number of nitrogens with zero attached hydrogens (tertiary/aromatic N) is 3. The van der Waals surface area contributed by atoms with Gasteiger partial charge in [-0.25, -0.2) is 9.78 Å².